The van der Waals surface area contributed by atoms with E-state index in [-0.39, 0.29) is 5.97 Å². The second-order valence-corrected chi connectivity index (χ2v) is 4.42. The lowest BCUT2D eigenvalue weighted by Crippen LogP contribution is -2.22. The number of hydrogen-bond acceptors (Lipinski definition) is 4. The van der Waals surface area contributed by atoms with Gasteiger partial charge in [0.1, 0.15) is 5.82 Å². The summed E-state index contributed by atoms with van der Waals surface area (Å²) >= 11 is 3.45. The Morgan fingerprint density at radius 2 is 2.31 bits per heavy atom. The molecule has 16 heavy (non-hydrogen) atoms. The Kier molecular flexibility index (Phi) is 4.73. The molecule has 0 aliphatic rings. The van der Waals surface area contributed by atoms with Gasteiger partial charge in [0.25, 0.3) is 0 Å². The molecule has 5 heteroatoms. The third-order valence-corrected chi connectivity index (χ3v) is 2.78. The van der Waals surface area contributed by atoms with E-state index in [9.17, 15) is 4.79 Å². The summed E-state index contributed by atoms with van der Waals surface area (Å²) in [4.78, 5) is 17.2. The minimum Gasteiger partial charge on any atom is -0.469 e. The minimum atomic E-state index is -0.213. The van der Waals surface area contributed by atoms with Gasteiger partial charge in [0.2, 0.25) is 0 Å². The summed E-state index contributed by atoms with van der Waals surface area (Å²) in [6, 6.07) is 2.00. The van der Waals surface area contributed by atoms with E-state index in [1.54, 1.807) is 6.20 Å². The highest BCUT2D eigenvalue weighted by Gasteiger charge is 2.09. The summed E-state index contributed by atoms with van der Waals surface area (Å²) in [5, 5.41) is 0. The third-order valence-electron chi connectivity index (χ3n) is 2.20. The number of carbonyl (C=O) groups is 1. The predicted octanol–water partition coefficient (Wildman–Crippen LogP) is 2.15. The lowest BCUT2D eigenvalue weighted by molar-refractivity contribution is -0.140. The summed E-state index contributed by atoms with van der Waals surface area (Å²) in [5.41, 5.74) is 1.09. The van der Waals surface area contributed by atoms with Gasteiger partial charge in [0.05, 0.1) is 18.0 Å². The molecule has 0 aliphatic carbocycles. The highest BCUT2D eigenvalue weighted by atomic mass is 79.9. The van der Waals surface area contributed by atoms with Crippen molar-refractivity contribution in [2.24, 2.45) is 0 Å². The van der Waals surface area contributed by atoms with Gasteiger partial charge in [-0.1, -0.05) is 0 Å². The molecule has 0 saturated carbocycles. The molecule has 88 valence electrons. The normalized spacial score (nSPS) is 10.0. The number of halogens is 1. The van der Waals surface area contributed by atoms with Crippen molar-refractivity contribution in [1.82, 2.24) is 4.98 Å². The molecule has 0 bridgehead atoms. The first-order valence-electron chi connectivity index (χ1n) is 4.94. The van der Waals surface area contributed by atoms with Crippen molar-refractivity contribution in [2.45, 2.75) is 13.3 Å². The number of carbonyl (C=O) groups excluding carboxylic acids is 1. The summed E-state index contributed by atoms with van der Waals surface area (Å²) in [7, 11) is 3.29. The molecule has 0 aromatic carbocycles. The Morgan fingerprint density at radius 1 is 1.62 bits per heavy atom. The monoisotopic (exact) mass is 286 g/mol. The van der Waals surface area contributed by atoms with Crippen LogP contribution in [0.1, 0.15) is 12.0 Å². The number of anilines is 1. The second-order valence-electron chi connectivity index (χ2n) is 3.57. The zero-order chi connectivity index (χ0) is 12.1. The number of nitrogens with zero attached hydrogens (tertiary/aromatic N) is 2. The van der Waals surface area contributed by atoms with Crippen LogP contribution in [-0.2, 0) is 9.53 Å². The van der Waals surface area contributed by atoms with Gasteiger partial charge in [0, 0.05) is 19.8 Å². The van der Waals surface area contributed by atoms with Crippen LogP contribution >= 0.6 is 15.9 Å². The highest BCUT2D eigenvalue weighted by molar-refractivity contribution is 9.10. The van der Waals surface area contributed by atoms with E-state index in [1.807, 2.05) is 24.9 Å². The maximum Gasteiger partial charge on any atom is 0.307 e. The van der Waals surface area contributed by atoms with Crippen molar-refractivity contribution in [2.75, 3.05) is 25.6 Å². The van der Waals surface area contributed by atoms with Gasteiger partial charge in [-0.2, -0.15) is 0 Å². The Balaban J connectivity index is 2.65. The number of aryl methyl sites for hydroxylation is 1. The van der Waals surface area contributed by atoms with Crippen LogP contribution in [0.4, 0.5) is 5.82 Å². The summed E-state index contributed by atoms with van der Waals surface area (Å²) < 4.78 is 5.52. The van der Waals surface area contributed by atoms with Crippen LogP contribution in [0.15, 0.2) is 16.7 Å². The van der Waals surface area contributed by atoms with Crippen LogP contribution in [0.3, 0.4) is 0 Å². The Bertz CT molecular complexity index is 382. The fourth-order valence-electron chi connectivity index (χ4n) is 1.27. The third kappa shape index (κ3) is 3.48. The van der Waals surface area contributed by atoms with Gasteiger partial charge < -0.3 is 9.64 Å². The molecule has 0 aliphatic heterocycles. The molecular formula is C11H15BrN2O2. The number of ether oxygens (including phenoxy) is 1. The number of aromatic nitrogens is 1. The lowest BCUT2D eigenvalue weighted by atomic mass is 10.3. The molecule has 0 atom stereocenters. The largest absolute Gasteiger partial charge is 0.469 e. The topological polar surface area (TPSA) is 42.4 Å². The fraction of sp³-hybridized carbons (Fsp3) is 0.455. The van der Waals surface area contributed by atoms with Crippen LogP contribution in [0.2, 0.25) is 0 Å². The number of hydrogen-bond donors (Lipinski definition) is 0. The maximum atomic E-state index is 11.0. The zero-order valence-electron chi connectivity index (χ0n) is 9.66. The van der Waals surface area contributed by atoms with E-state index in [2.05, 4.69) is 25.7 Å². The quantitative estimate of drug-likeness (QED) is 0.796. The number of methoxy groups -OCH3 is 1. The Morgan fingerprint density at radius 3 is 2.88 bits per heavy atom. The SMILES string of the molecule is COC(=O)CCN(C)c1ncc(C)cc1Br. The summed E-state index contributed by atoms with van der Waals surface area (Å²) in [6.45, 7) is 2.57. The van der Waals surface area contributed by atoms with Crippen LogP contribution in [-0.4, -0.2) is 31.7 Å². The Hall–Kier alpha value is -1.10. The lowest BCUT2D eigenvalue weighted by Gasteiger charge is -2.18. The van der Waals surface area contributed by atoms with Crippen molar-refractivity contribution >= 4 is 27.7 Å². The van der Waals surface area contributed by atoms with Crippen molar-refractivity contribution in [3.63, 3.8) is 0 Å². The molecule has 1 heterocycles. The molecule has 4 nitrogen and oxygen atoms in total. The van der Waals surface area contributed by atoms with Gasteiger partial charge in [-0.25, -0.2) is 4.98 Å². The van der Waals surface area contributed by atoms with Crippen molar-refractivity contribution in [3.05, 3.63) is 22.3 Å². The first-order valence-corrected chi connectivity index (χ1v) is 5.74. The second kappa shape index (κ2) is 5.84. The summed E-state index contributed by atoms with van der Waals surface area (Å²) in [6.07, 6.45) is 2.16. The fourth-order valence-corrected chi connectivity index (χ4v) is 2.04. The van der Waals surface area contributed by atoms with Gasteiger partial charge in [0.15, 0.2) is 0 Å². The van der Waals surface area contributed by atoms with E-state index >= 15 is 0 Å². The zero-order valence-corrected chi connectivity index (χ0v) is 11.2. The Labute approximate surface area is 104 Å². The van der Waals surface area contributed by atoms with Crippen molar-refractivity contribution in [3.8, 4) is 0 Å². The van der Waals surface area contributed by atoms with E-state index in [4.69, 9.17) is 0 Å². The first-order chi connectivity index (χ1) is 7.54. The van der Waals surface area contributed by atoms with Gasteiger partial charge in [-0.05, 0) is 34.5 Å². The van der Waals surface area contributed by atoms with E-state index in [1.165, 1.54) is 7.11 Å². The highest BCUT2D eigenvalue weighted by Crippen LogP contribution is 2.23. The van der Waals surface area contributed by atoms with Gasteiger partial charge in [-0.3, -0.25) is 4.79 Å². The number of esters is 1. The van der Waals surface area contributed by atoms with Crippen molar-refractivity contribution < 1.29 is 9.53 Å². The molecule has 0 spiro atoms. The smallest absolute Gasteiger partial charge is 0.307 e. The van der Waals surface area contributed by atoms with E-state index < -0.39 is 0 Å². The van der Waals surface area contributed by atoms with Crippen molar-refractivity contribution in [1.29, 1.82) is 0 Å². The minimum absolute atomic E-state index is 0.213. The van der Waals surface area contributed by atoms with Crippen LogP contribution < -0.4 is 4.90 Å². The molecule has 0 fully saturated rings. The van der Waals surface area contributed by atoms with Gasteiger partial charge in [-0.15, -0.1) is 0 Å². The van der Waals surface area contributed by atoms with E-state index in [0.717, 1.165) is 15.9 Å². The summed E-state index contributed by atoms with van der Waals surface area (Å²) in [5.74, 6) is 0.615. The van der Waals surface area contributed by atoms with E-state index in [0.29, 0.717) is 13.0 Å². The molecule has 0 saturated heterocycles. The molecule has 1 aromatic rings. The molecule has 1 aromatic heterocycles. The molecule has 0 N–H and O–H groups in total. The standard InChI is InChI=1S/C11H15BrN2O2/c1-8-6-9(12)11(13-7-8)14(2)5-4-10(15)16-3/h6-7H,4-5H2,1-3H3. The molecule has 0 unspecified atom stereocenters. The van der Waals surface area contributed by atoms with Crippen LogP contribution in [0.5, 0.6) is 0 Å². The predicted molar refractivity (Wildman–Crippen MR) is 66.6 cm³/mol. The van der Waals surface area contributed by atoms with Gasteiger partial charge >= 0.3 is 5.97 Å². The average Bonchev–Trinajstić information content (AvgIpc) is 2.25. The number of pyridine rings is 1. The maximum absolute atomic E-state index is 11.0. The first kappa shape index (κ1) is 13.0. The molecule has 0 radical (unpaired) electrons. The van der Waals surface area contributed by atoms with Crippen LogP contribution in [0, 0.1) is 6.92 Å². The molecular weight excluding hydrogens is 272 g/mol. The average molecular weight is 287 g/mol. The molecule has 0 amide bonds. The molecule has 1 rings (SSSR count). The number of rotatable bonds is 4. The van der Waals surface area contributed by atoms with Crippen LogP contribution in [0.25, 0.3) is 0 Å².